The average Bonchev–Trinajstić information content (AvgIpc) is 2.71. The fraction of sp³-hybridized carbons (Fsp3) is 0.0909. The lowest BCUT2D eigenvalue weighted by molar-refractivity contribution is -0.384. The Morgan fingerprint density at radius 3 is 2.57 bits per heavy atom. The summed E-state index contributed by atoms with van der Waals surface area (Å²) in [5, 5.41) is 10.7. The average molecular weight is 412 g/mol. The number of aryl methyl sites for hydroxylation is 1. The van der Waals surface area contributed by atoms with E-state index in [1.807, 2.05) is 0 Å². The number of nitro benzene ring substituents is 1. The molecule has 0 radical (unpaired) electrons. The molecule has 1 aromatic heterocycles. The third-order valence-electron chi connectivity index (χ3n) is 2.53. The second-order valence-corrected chi connectivity index (χ2v) is 8.69. The molecule has 10 heteroatoms. The van der Waals surface area contributed by atoms with Crippen LogP contribution in [-0.2, 0) is 10.0 Å². The molecule has 0 saturated heterocycles. The summed E-state index contributed by atoms with van der Waals surface area (Å²) < 4.78 is 27.5. The highest BCUT2D eigenvalue weighted by molar-refractivity contribution is 9.11. The number of nitrogens with one attached hydrogen (secondary N) is 1. The van der Waals surface area contributed by atoms with Crippen LogP contribution in [0.25, 0.3) is 0 Å². The Labute approximate surface area is 138 Å². The minimum atomic E-state index is -3.81. The van der Waals surface area contributed by atoms with Crippen LogP contribution >= 0.6 is 38.9 Å². The van der Waals surface area contributed by atoms with Gasteiger partial charge in [0.05, 0.1) is 14.4 Å². The predicted octanol–water partition coefficient (Wildman–Crippen LogP) is 4.18. The second kappa shape index (κ2) is 5.91. The Balaban J connectivity index is 2.40. The predicted molar refractivity (Wildman–Crippen MR) is 85.7 cm³/mol. The van der Waals surface area contributed by atoms with E-state index in [-0.39, 0.29) is 21.3 Å². The molecule has 0 fully saturated rings. The molecule has 1 aromatic carbocycles. The first-order chi connectivity index (χ1) is 9.70. The summed E-state index contributed by atoms with van der Waals surface area (Å²) in [5.74, 6) is 0. The molecule has 1 N–H and O–H groups in total. The van der Waals surface area contributed by atoms with Crippen LogP contribution in [0.3, 0.4) is 0 Å². The van der Waals surface area contributed by atoms with Crippen molar-refractivity contribution < 1.29 is 13.3 Å². The summed E-state index contributed by atoms with van der Waals surface area (Å²) in [6.07, 6.45) is 0. The Bertz CT molecular complexity index is 820. The Kier molecular flexibility index (Phi) is 4.57. The van der Waals surface area contributed by atoms with Gasteiger partial charge in [-0.2, -0.15) is 0 Å². The summed E-state index contributed by atoms with van der Waals surface area (Å²) in [6, 6.07) is 5.20. The lowest BCUT2D eigenvalue weighted by atomic mass is 10.3. The molecule has 0 amide bonds. The largest absolute Gasteiger partial charge is 0.289 e. The number of nitro groups is 1. The number of nitrogens with zero attached hydrogens (tertiary/aromatic N) is 1. The van der Waals surface area contributed by atoms with E-state index in [0.29, 0.717) is 8.66 Å². The van der Waals surface area contributed by atoms with Gasteiger partial charge in [-0.05, 0) is 41.1 Å². The maximum Gasteiger partial charge on any atom is 0.289 e. The zero-order chi connectivity index (χ0) is 15.8. The number of hydrogen-bond acceptors (Lipinski definition) is 5. The second-order valence-electron chi connectivity index (χ2n) is 4.00. The zero-order valence-electron chi connectivity index (χ0n) is 10.5. The number of sulfonamides is 1. The van der Waals surface area contributed by atoms with Gasteiger partial charge in [-0.25, -0.2) is 8.42 Å². The summed E-state index contributed by atoms with van der Waals surface area (Å²) >= 11 is 10.2. The number of thiophene rings is 1. The Hall–Kier alpha value is -1.16. The van der Waals surface area contributed by atoms with E-state index >= 15 is 0 Å². The van der Waals surface area contributed by atoms with Crippen LogP contribution in [0.2, 0.25) is 5.02 Å². The first-order valence-electron chi connectivity index (χ1n) is 5.43. The van der Waals surface area contributed by atoms with E-state index < -0.39 is 14.9 Å². The molecule has 21 heavy (non-hydrogen) atoms. The van der Waals surface area contributed by atoms with Crippen LogP contribution in [-0.4, -0.2) is 13.3 Å². The number of rotatable bonds is 4. The minimum absolute atomic E-state index is 0.0580. The van der Waals surface area contributed by atoms with Gasteiger partial charge in [-0.15, -0.1) is 11.3 Å². The van der Waals surface area contributed by atoms with Crippen LogP contribution in [0.4, 0.5) is 11.4 Å². The number of hydrogen-bond donors (Lipinski definition) is 1. The standard InChI is InChI=1S/C11H8BrClN2O4S2/c1-6-10(5-11(12)20-6)21(18,19)14-7-2-3-8(13)9(4-7)15(16)17/h2-5,14H,1H3. The van der Waals surface area contributed by atoms with Gasteiger partial charge < -0.3 is 0 Å². The smallest absolute Gasteiger partial charge is 0.279 e. The van der Waals surface area contributed by atoms with Gasteiger partial charge in [-0.3, -0.25) is 14.8 Å². The molecule has 0 saturated carbocycles. The van der Waals surface area contributed by atoms with Crippen molar-refractivity contribution >= 4 is 60.3 Å². The summed E-state index contributed by atoms with van der Waals surface area (Å²) in [6.45, 7) is 1.67. The molecule has 0 spiro atoms. The van der Waals surface area contributed by atoms with E-state index in [0.717, 1.165) is 6.07 Å². The van der Waals surface area contributed by atoms with Crippen molar-refractivity contribution in [2.24, 2.45) is 0 Å². The molecule has 2 rings (SSSR count). The van der Waals surface area contributed by atoms with Crippen molar-refractivity contribution in [3.8, 4) is 0 Å². The number of anilines is 1. The topological polar surface area (TPSA) is 89.3 Å². The summed E-state index contributed by atoms with van der Waals surface area (Å²) in [4.78, 5) is 10.9. The van der Waals surface area contributed by atoms with Gasteiger partial charge in [0.2, 0.25) is 0 Å². The van der Waals surface area contributed by atoms with E-state index in [1.165, 1.54) is 29.5 Å². The van der Waals surface area contributed by atoms with Crippen molar-refractivity contribution in [3.05, 3.63) is 48.1 Å². The molecular weight excluding hydrogens is 404 g/mol. The monoisotopic (exact) mass is 410 g/mol. The molecule has 0 aliphatic heterocycles. The highest BCUT2D eigenvalue weighted by Crippen LogP contribution is 2.32. The highest BCUT2D eigenvalue weighted by Gasteiger charge is 2.21. The van der Waals surface area contributed by atoms with Crippen LogP contribution < -0.4 is 4.72 Å². The van der Waals surface area contributed by atoms with E-state index in [4.69, 9.17) is 11.6 Å². The Morgan fingerprint density at radius 1 is 1.38 bits per heavy atom. The van der Waals surface area contributed by atoms with Crippen LogP contribution in [0.1, 0.15) is 4.88 Å². The zero-order valence-corrected chi connectivity index (χ0v) is 14.4. The van der Waals surface area contributed by atoms with Crippen LogP contribution in [0.15, 0.2) is 32.9 Å². The highest BCUT2D eigenvalue weighted by atomic mass is 79.9. The molecule has 112 valence electrons. The fourth-order valence-electron chi connectivity index (χ4n) is 1.62. The molecule has 0 aliphatic carbocycles. The summed E-state index contributed by atoms with van der Waals surface area (Å²) in [7, 11) is -3.81. The van der Waals surface area contributed by atoms with Gasteiger partial charge in [0.1, 0.15) is 9.92 Å². The molecule has 6 nitrogen and oxygen atoms in total. The van der Waals surface area contributed by atoms with Crippen molar-refractivity contribution in [2.75, 3.05) is 4.72 Å². The Morgan fingerprint density at radius 2 is 2.05 bits per heavy atom. The maximum atomic E-state index is 12.3. The lowest BCUT2D eigenvalue weighted by Crippen LogP contribution is -2.13. The molecule has 0 bridgehead atoms. The van der Waals surface area contributed by atoms with Crippen LogP contribution in [0.5, 0.6) is 0 Å². The first-order valence-corrected chi connectivity index (χ1v) is 8.90. The quantitative estimate of drug-likeness (QED) is 0.603. The third-order valence-corrected chi connectivity index (χ3v) is 6.04. The van der Waals surface area contributed by atoms with Crippen molar-refractivity contribution in [1.29, 1.82) is 0 Å². The minimum Gasteiger partial charge on any atom is -0.279 e. The molecule has 2 aromatic rings. The fourth-order valence-corrected chi connectivity index (χ4v) is 5.28. The lowest BCUT2D eigenvalue weighted by Gasteiger charge is -2.07. The van der Waals surface area contributed by atoms with E-state index in [9.17, 15) is 18.5 Å². The molecule has 0 atom stereocenters. The van der Waals surface area contributed by atoms with Crippen LogP contribution in [0, 0.1) is 17.0 Å². The maximum absolute atomic E-state index is 12.3. The molecule has 0 aliphatic rings. The van der Waals surface area contributed by atoms with Gasteiger partial charge in [0, 0.05) is 10.9 Å². The number of halogens is 2. The molecule has 0 unspecified atom stereocenters. The normalized spacial score (nSPS) is 11.4. The van der Waals surface area contributed by atoms with E-state index in [2.05, 4.69) is 20.7 Å². The summed E-state index contributed by atoms with van der Waals surface area (Å²) in [5.41, 5.74) is -0.284. The first kappa shape index (κ1) is 16.2. The van der Waals surface area contributed by atoms with Gasteiger partial charge >= 0.3 is 0 Å². The van der Waals surface area contributed by atoms with E-state index in [1.54, 1.807) is 6.92 Å². The van der Waals surface area contributed by atoms with Crippen molar-refractivity contribution in [1.82, 2.24) is 0 Å². The van der Waals surface area contributed by atoms with Crippen molar-refractivity contribution in [2.45, 2.75) is 11.8 Å². The third kappa shape index (κ3) is 3.54. The van der Waals surface area contributed by atoms with Gasteiger partial charge in [0.15, 0.2) is 0 Å². The molecule has 1 heterocycles. The van der Waals surface area contributed by atoms with Gasteiger partial charge in [0.25, 0.3) is 15.7 Å². The number of benzene rings is 1. The molecular formula is C11H8BrClN2O4S2. The SMILES string of the molecule is Cc1sc(Br)cc1S(=O)(=O)Nc1ccc(Cl)c([N+](=O)[O-])c1. The van der Waals surface area contributed by atoms with Gasteiger partial charge in [-0.1, -0.05) is 11.6 Å². The van der Waals surface area contributed by atoms with Crippen molar-refractivity contribution in [3.63, 3.8) is 0 Å².